The van der Waals surface area contributed by atoms with Gasteiger partial charge in [0.2, 0.25) is 0 Å². The van der Waals surface area contributed by atoms with Crippen molar-refractivity contribution in [3.8, 4) is 22.3 Å². The van der Waals surface area contributed by atoms with Gasteiger partial charge in [-0.15, -0.1) is 0 Å². The summed E-state index contributed by atoms with van der Waals surface area (Å²) in [6.45, 7) is 9.70. The predicted octanol–water partition coefficient (Wildman–Crippen LogP) is 11.2. The van der Waals surface area contributed by atoms with E-state index in [1.165, 1.54) is 82.9 Å². The van der Waals surface area contributed by atoms with Gasteiger partial charge < -0.3 is 0 Å². The lowest BCUT2D eigenvalue weighted by molar-refractivity contribution is 0.261. The van der Waals surface area contributed by atoms with Crippen LogP contribution in [0.4, 0.5) is 0 Å². The number of benzene rings is 3. The SMILES string of the molecule is CC1CCC(C)C(c2cc(-c3ccccc3)c3ccc4c(-c5ccccc5)cc(C5CC(C)CCC5C)nc4c3n2)C1. The molecule has 2 fully saturated rings. The lowest BCUT2D eigenvalue weighted by Gasteiger charge is -2.33. The molecule has 0 aliphatic heterocycles. The Kier molecular flexibility index (Phi) is 7.34. The number of hydrogen-bond donors (Lipinski definition) is 0. The minimum atomic E-state index is 0.479. The van der Waals surface area contributed by atoms with Crippen molar-refractivity contribution in [2.45, 2.75) is 78.1 Å². The van der Waals surface area contributed by atoms with Gasteiger partial charge in [-0.3, -0.25) is 9.97 Å². The molecule has 2 heteroatoms. The molecule has 2 aliphatic carbocycles. The summed E-state index contributed by atoms with van der Waals surface area (Å²) in [7, 11) is 0. The molecule has 2 aliphatic rings. The summed E-state index contributed by atoms with van der Waals surface area (Å²) in [5.74, 6) is 3.70. The van der Waals surface area contributed by atoms with Gasteiger partial charge in [-0.25, -0.2) is 0 Å². The average molecular weight is 553 g/mol. The van der Waals surface area contributed by atoms with Crippen LogP contribution in [0.1, 0.15) is 89.4 Å². The molecule has 7 rings (SSSR count). The van der Waals surface area contributed by atoms with Gasteiger partial charge in [0.15, 0.2) is 0 Å². The Morgan fingerprint density at radius 2 is 0.905 bits per heavy atom. The Balaban J connectivity index is 1.53. The van der Waals surface area contributed by atoms with Gasteiger partial charge in [-0.1, -0.05) is 113 Å². The van der Waals surface area contributed by atoms with Gasteiger partial charge in [0, 0.05) is 34.0 Å². The zero-order chi connectivity index (χ0) is 28.8. The first-order valence-corrected chi connectivity index (χ1v) is 16.4. The standard InChI is InChI=1S/C40H44N2/c1-25-15-17-27(3)33(21-25)37-23-35(29-11-7-5-8-12-29)31-19-20-32-36(30-13-9-6-10-14-30)24-38(42-40(32)39(31)41-37)34-22-26(2)16-18-28(34)4/h5-14,19-20,23-28,33-34H,15-18,21-22H2,1-4H3. The maximum Gasteiger partial charge on any atom is 0.0974 e. The summed E-state index contributed by atoms with van der Waals surface area (Å²) < 4.78 is 0. The molecular weight excluding hydrogens is 508 g/mol. The first-order valence-electron chi connectivity index (χ1n) is 16.4. The summed E-state index contributed by atoms with van der Waals surface area (Å²) >= 11 is 0. The van der Waals surface area contributed by atoms with Crippen LogP contribution in [-0.2, 0) is 0 Å². The highest BCUT2D eigenvalue weighted by Crippen LogP contribution is 2.45. The highest BCUT2D eigenvalue weighted by molar-refractivity contribution is 6.12. The molecule has 2 aromatic heterocycles. The van der Waals surface area contributed by atoms with Gasteiger partial charge in [0.1, 0.15) is 0 Å². The third-order valence-electron chi connectivity index (χ3n) is 10.6. The predicted molar refractivity (Wildman–Crippen MR) is 178 cm³/mol. The second-order valence-electron chi connectivity index (χ2n) is 13.8. The second-order valence-corrected chi connectivity index (χ2v) is 13.8. The van der Waals surface area contributed by atoms with E-state index in [9.17, 15) is 0 Å². The zero-order valence-electron chi connectivity index (χ0n) is 25.7. The van der Waals surface area contributed by atoms with Crippen LogP contribution in [0.5, 0.6) is 0 Å². The van der Waals surface area contributed by atoms with Gasteiger partial charge in [-0.2, -0.15) is 0 Å². The lowest BCUT2D eigenvalue weighted by Crippen LogP contribution is -2.21. The molecule has 42 heavy (non-hydrogen) atoms. The number of rotatable bonds is 4. The molecule has 6 atom stereocenters. The van der Waals surface area contributed by atoms with Crippen LogP contribution >= 0.6 is 0 Å². The Bertz CT molecular complexity index is 1580. The van der Waals surface area contributed by atoms with Gasteiger partial charge in [-0.05, 0) is 83.7 Å². The molecule has 3 aromatic carbocycles. The molecule has 5 aromatic rings. The molecule has 0 radical (unpaired) electrons. The first kappa shape index (κ1) is 27.3. The molecule has 2 heterocycles. The van der Waals surface area contributed by atoms with Crippen molar-refractivity contribution in [1.29, 1.82) is 0 Å². The van der Waals surface area contributed by atoms with E-state index in [1.54, 1.807) is 0 Å². The van der Waals surface area contributed by atoms with Crippen molar-refractivity contribution < 1.29 is 0 Å². The molecule has 0 N–H and O–H groups in total. The van der Waals surface area contributed by atoms with Gasteiger partial charge in [0.25, 0.3) is 0 Å². The maximum absolute atomic E-state index is 5.59. The van der Waals surface area contributed by atoms with Crippen molar-refractivity contribution in [3.63, 3.8) is 0 Å². The molecule has 6 unspecified atom stereocenters. The summed E-state index contributed by atoms with van der Waals surface area (Å²) in [4.78, 5) is 11.2. The van der Waals surface area contributed by atoms with Gasteiger partial charge >= 0.3 is 0 Å². The highest BCUT2D eigenvalue weighted by Gasteiger charge is 2.31. The number of aromatic nitrogens is 2. The van der Waals surface area contributed by atoms with E-state index in [-0.39, 0.29) is 0 Å². The fraction of sp³-hybridized carbons (Fsp3) is 0.400. The number of hydrogen-bond acceptors (Lipinski definition) is 2. The quantitative estimate of drug-likeness (QED) is 0.207. The fourth-order valence-corrected chi connectivity index (χ4v) is 8.00. The third-order valence-corrected chi connectivity index (χ3v) is 10.6. The number of fused-ring (bicyclic) bond motifs is 3. The van der Waals surface area contributed by atoms with Gasteiger partial charge in [0.05, 0.1) is 11.0 Å². The van der Waals surface area contributed by atoms with Crippen LogP contribution in [0.2, 0.25) is 0 Å². The molecule has 2 nitrogen and oxygen atoms in total. The minimum Gasteiger partial charge on any atom is -0.250 e. The topological polar surface area (TPSA) is 25.8 Å². The normalized spacial score (nSPS) is 26.5. The molecule has 0 spiro atoms. The van der Waals surface area contributed by atoms with Crippen LogP contribution in [-0.4, -0.2) is 9.97 Å². The zero-order valence-corrected chi connectivity index (χ0v) is 25.7. The number of nitrogens with zero attached hydrogens (tertiary/aromatic N) is 2. The summed E-state index contributed by atoms with van der Waals surface area (Å²) in [5.41, 5.74) is 9.75. The summed E-state index contributed by atoms with van der Waals surface area (Å²) in [6.07, 6.45) is 7.63. The van der Waals surface area contributed by atoms with Crippen LogP contribution in [0.3, 0.4) is 0 Å². The van der Waals surface area contributed by atoms with E-state index in [4.69, 9.17) is 9.97 Å². The lowest BCUT2D eigenvalue weighted by atomic mass is 9.73. The molecule has 0 saturated heterocycles. The van der Waals surface area contributed by atoms with Crippen molar-refractivity contribution in [1.82, 2.24) is 9.97 Å². The largest absolute Gasteiger partial charge is 0.250 e. The number of pyridine rings is 2. The molecule has 0 amide bonds. The van der Waals surface area contributed by atoms with Crippen LogP contribution in [0.15, 0.2) is 84.9 Å². The van der Waals surface area contributed by atoms with E-state index < -0.39 is 0 Å². The Hall–Kier alpha value is -3.52. The second kappa shape index (κ2) is 11.3. The molecule has 0 bridgehead atoms. The maximum atomic E-state index is 5.59. The monoisotopic (exact) mass is 552 g/mol. The van der Waals surface area contributed by atoms with Crippen molar-refractivity contribution in [2.24, 2.45) is 23.7 Å². The molecular formula is C40H44N2. The third kappa shape index (κ3) is 5.04. The van der Waals surface area contributed by atoms with E-state index in [2.05, 4.69) is 113 Å². The summed E-state index contributed by atoms with van der Waals surface area (Å²) in [5, 5.41) is 2.42. The molecule has 214 valence electrons. The average Bonchev–Trinajstić information content (AvgIpc) is 3.03. The van der Waals surface area contributed by atoms with Crippen LogP contribution in [0.25, 0.3) is 44.1 Å². The molecule has 2 saturated carbocycles. The van der Waals surface area contributed by atoms with E-state index in [1.807, 2.05) is 0 Å². The highest BCUT2D eigenvalue weighted by atomic mass is 14.8. The van der Waals surface area contributed by atoms with E-state index in [0.717, 1.165) is 22.9 Å². The van der Waals surface area contributed by atoms with Crippen molar-refractivity contribution >= 4 is 21.8 Å². The Labute approximate surface area is 251 Å². The first-order chi connectivity index (χ1) is 20.5. The van der Waals surface area contributed by atoms with Crippen LogP contribution in [0, 0.1) is 23.7 Å². The summed E-state index contributed by atoms with van der Waals surface area (Å²) in [6, 6.07) is 31.3. The van der Waals surface area contributed by atoms with Crippen molar-refractivity contribution in [3.05, 3.63) is 96.3 Å². The minimum absolute atomic E-state index is 0.479. The fourth-order valence-electron chi connectivity index (χ4n) is 8.00. The van der Waals surface area contributed by atoms with E-state index in [0.29, 0.717) is 23.7 Å². The van der Waals surface area contributed by atoms with Crippen molar-refractivity contribution in [2.75, 3.05) is 0 Å². The smallest absolute Gasteiger partial charge is 0.0974 e. The Morgan fingerprint density at radius 3 is 1.31 bits per heavy atom. The van der Waals surface area contributed by atoms with E-state index >= 15 is 0 Å². The Morgan fingerprint density at radius 1 is 0.500 bits per heavy atom. The van der Waals surface area contributed by atoms with Crippen LogP contribution < -0.4 is 0 Å².